The first-order valence-electron chi connectivity index (χ1n) is 5.99. The van der Waals surface area contributed by atoms with Gasteiger partial charge in [-0.1, -0.05) is 0 Å². The van der Waals surface area contributed by atoms with E-state index < -0.39 is 5.97 Å². The van der Waals surface area contributed by atoms with Crippen LogP contribution in [0.5, 0.6) is 0 Å². The lowest BCUT2D eigenvalue weighted by molar-refractivity contribution is -0.138. The van der Waals surface area contributed by atoms with Gasteiger partial charge < -0.3 is 5.11 Å². The van der Waals surface area contributed by atoms with Gasteiger partial charge in [0.1, 0.15) is 0 Å². The molecule has 1 saturated heterocycles. The average Bonchev–Trinajstić information content (AvgIpc) is 2.63. The molecule has 0 saturated carbocycles. The predicted octanol–water partition coefficient (Wildman–Crippen LogP) is 2.14. The quantitative estimate of drug-likeness (QED) is 0.894. The SMILES string of the molecule is Cc1ncc(CN2CCCC(CC(=O)O)C2)s1. The van der Waals surface area contributed by atoms with E-state index >= 15 is 0 Å². The molecule has 1 aromatic heterocycles. The maximum Gasteiger partial charge on any atom is 0.303 e. The van der Waals surface area contributed by atoms with E-state index in [1.807, 2.05) is 13.1 Å². The van der Waals surface area contributed by atoms with Crippen LogP contribution in [0.1, 0.15) is 29.1 Å². The van der Waals surface area contributed by atoms with Crippen LogP contribution in [-0.4, -0.2) is 34.0 Å². The van der Waals surface area contributed by atoms with E-state index in [0.29, 0.717) is 12.3 Å². The predicted molar refractivity (Wildman–Crippen MR) is 67.1 cm³/mol. The summed E-state index contributed by atoms with van der Waals surface area (Å²) in [6.45, 7) is 4.91. The lowest BCUT2D eigenvalue weighted by atomic mass is 9.95. The molecule has 94 valence electrons. The third-order valence-corrected chi connectivity index (χ3v) is 4.01. The first kappa shape index (κ1) is 12.5. The number of nitrogens with zero attached hydrogens (tertiary/aromatic N) is 2. The summed E-state index contributed by atoms with van der Waals surface area (Å²) in [7, 11) is 0. The smallest absolute Gasteiger partial charge is 0.303 e. The van der Waals surface area contributed by atoms with Crippen molar-refractivity contribution in [3.8, 4) is 0 Å². The van der Waals surface area contributed by atoms with E-state index in [0.717, 1.165) is 37.5 Å². The van der Waals surface area contributed by atoms with Crippen molar-refractivity contribution >= 4 is 17.3 Å². The van der Waals surface area contributed by atoms with Crippen LogP contribution >= 0.6 is 11.3 Å². The van der Waals surface area contributed by atoms with Crippen molar-refractivity contribution < 1.29 is 9.90 Å². The highest BCUT2D eigenvalue weighted by Gasteiger charge is 2.22. The van der Waals surface area contributed by atoms with Gasteiger partial charge in [-0.3, -0.25) is 9.69 Å². The Balaban J connectivity index is 1.87. The van der Waals surface area contributed by atoms with Gasteiger partial charge >= 0.3 is 5.97 Å². The molecule has 0 bridgehead atoms. The lowest BCUT2D eigenvalue weighted by Gasteiger charge is -2.31. The zero-order chi connectivity index (χ0) is 12.3. The van der Waals surface area contributed by atoms with Gasteiger partial charge in [0.25, 0.3) is 0 Å². The molecular formula is C12H18N2O2S. The highest BCUT2D eigenvalue weighted by atomic mass is 32.1. The fraction of sp³-hybridized carbons (Fsp3) is 0.667. The average molecular weight is 254 g/mol. The number of likely N-dealkylation sites (tertiary alicyclic amines) is 1. The molecule has 0 aromatic carbocycles. The minimum Gasteiger partial charge on any atom is -0.481 e. The van der Waals surface area contributed by atoms with E-state index in [2.05, 4.69) is 9.88 Å². The highest BCUT2D eigenvalue weighted by molar-refractivity contribution is 7.11. The van der Waals surface area contributed by atoms with Gasteiger partial charge in [-0.15, -0.1) is 11.3 Å². The molecule has 1 fully saturated rings. The summed E-state index contributed by atoms with van der Waals surface area (Å²) in [4.78, 5) is 18.6. The summed E-state index contributed by atoms with van der Waals surface area (Å²) in [5.41, 5.74) is 0. The number of aromatic nitrogens is 1. The number of rotatable bonds is 4. The van der Waals surface area contributed by atoms with Gasteiger partial charge in [0, 0.05) is 30.6 Å². The highest BCUT2D eigenvalue weighted by Crippen LogP contribution is 2.22. The van der Waals surface area contributed by atoms with E-state index in [4.69, 9.17) is 5.11 Å². The number of carboxylic acid groups (broad SMARTS) is 1. The van der Waals surface area contributed by atoms with Crippen LogP contribution < -0.4 is 0 Å². The minimum atomic E-state index is -0.675. The van der Waals surface area contributed by atoms with Gasteiger partial charge in [-0.05, 0) is 32.2 Å². The van der Waals surface area contributed by atoms with Crippen LogP contribution in [0.2, 0.25) is 0 Å². The second kappa shape index (κ2) is 5.60. The van der Waals surface area contributed by atoms with Crippen LogP contribution in [-0.2, 0) is 11.3 Å². The first-order valence-corrected chi connectivity index (χ1v) is 6.80. The van der Waals surface area contributed by atoms with Crippen LogP contribution in [0, 0.1) is 12.8 Å². The molecule has 5 heteroatoms. The number of aliphatic carboxylic acids is 1. The second-order valence-electron chi connectivity index (χ2n) is 4.69. The summed E-state index contributed by atoms with van der Waals surface area (Å²) < 4.78 is 0. The number of piperidine rings is 1. The number of hydrogen-bond donors (Lipinski definition) is 1. The fourth-order valence-corrected chi connectivity index (χ4v) is 3.24. The maximum atomic E-state index is 10.7. The molecule has 1 N–H and O–H groups in total. The van der Waals surface area contributed by atoms with E-state index in [1.165, 1.54) is 4.88 Å². The van der Waals surface area contributed by atoms with Crippen molar-refractivity contribution in [1.82, 2.24) is 9.88 Å². The van der Waals surface area contributed by atoms with Gasteiger partial charge in [-0.2, -0.15) is 0 Å². The van der Waals surface area contributed by atoms with Crippen molar-refractivity contribution in [1.29, 1.82) is 0 Å². The van der Waals surface area contributed by atoms with Crippen molar-refractivity contribution in [2.24, 2.45) is 5.92 Å². The number of thiazole rings is 1. The molecule has 0 spiro atoms. The number of aryl methyl sites for hydroxylation is 1. The number of hydrogen-bond acceptors (Lipinski definition) is 4. The molecule has 1 aliphatic heterocycles. The largest absolute Gasteiger partial charge is 0.481 e. The summed E-state index contributed by atoms with van der Waals surface area (Å²) >= 11 is 1.73. The van der Waals surface area contributed by atoms with Crippen LogP contribution in [0.3, 0.4) is 0 Å². The van der Waals surface area contributed by atoms with Gasteiger partial charge in [0.15, 0.2) is 0 Å². The lowest BCUT2D eigenvalue weighted by Crippen LogP contribution is -2.35. The standard InChI is InChI=1S/C12H18N2O2S/c1-9-13-6-11(17-9)8-14-4-2-3-10(7-14)5-12(15)16/h6,10H,2-5,7-8H2,1H3,(H,15,16). The molecule has 0 amide bonds. The molecule has 17 heavy (non-hydrogen) atoms. The Bertz CT molecular complexity index is 392. The third-order valence-electron chi connectivity index (χ3n) is 3.11. The monoisotopic (exact) mass is 254 g/mol. The first-order chi connectivity index (χ1) is 8.13. The summed E-state index contributed by atoms with van der Waals surface area (Å²) in [6.07, 6.45) is 4.39. The summed E-state index contributed by atoms with van der Waals surface area (Å²) in [5, 5.41) is 9.91. The molecule has 1 unspecified atom stereocenters. The maximum absolute atomic E-state index is 10.7. The van der Waals surface area contributed by atoms with Crippen LogP contribution in [0.15, 0.2) is 6.20 Å². The van der Waals surface area contributed by atoms with Crippen molar-refractivity contribution in [3.05, 3.63) is 16.1 Å². The van der Waals surface area contributed by atoms with E-state index in [9.17, 15) is 4.79 Å². The summed E-state index contributed by atoms with van der Waals surface area (Å²) in [6, 6.07) is 0. The molecule has 4 nitrogen and oxygen atoms in total. The topological polar surface area (TPSA) is 53.4 Å². The van der Waals surface area contributed by atoms with E-state index in [-0.39, 0.29) is 0 Å². The third kappa shape index (κ3) is 3.78. The second-order valence-corrected chi connectivity index (χ2v) is 6.01. The Morgan fingerprint density at radius 1 is 1.71 bits per heavy atom. The Morgan fingerprint density at radius 2 is 2.53 bits per heavy atom. The Kier molecular flexibility index (Phi) is 4.12. The van der Waals surface area contributed by atoms with Gasteiger partial charge in [0.2, 0.25) is 0 Å². The molecule has 1 atom stereocenters. The Labute approximate surface area is 105 Å². The number of carbonyl (C=O) groups is 1. The van der Waals surface area contributed by atoms with Crippen molar-refractivity contribution in [2.75, 3.05) is 13.1 Å². The van der Waals surface area contributed by atoms with Crippen molar-refractivity contribution in [2.45, 2.75) is 32.7 Å². The van der Waals surface area contributed by atoms with Crippen LogP contribution in [0.4, 0.5) is 0 Å². The Hall–Kier alpha value is -0.940. The fourth-order valence-electron chi connectivity index (χ4n) is 2.41. The molecule has 2 heterocycles. The molecule has 1 aromatic rings. The van der Waals surface area contributed by atoms with Crippen molar-refractivity contribution in [3.63, 3.8) is 0 Å². The van der Waals surface area contributed by atoms with Crippen LogP contribution in [0.25, 0.3) is 0 Å². The normalized spacial score (nSPS) is 21.6. The zero-order valence-electron chi connectivity index (χ0n) is 10.1. The zero-order valence-corrected chi connectivity index (χ0v) is 10.9. The minimum absolute atomic E-state index is 0.304. The molecule has 2 rings (SSSR count). The molecule has 1 aliphatic rings. The molecule has 0 radical (unpaired) electrons. The van der Waals surface area contributed by atoms with Gasteiger partial charge in [-0.25, -0.2) is 4.98 Å². The number of carboxylic acids is 1. The Morgan fingerprint density at radius 3 is 3.18 bits per heavy atom. The molecular weight excluding hydrogens is 236 g/mol. The van der Waals surface area contributed by atoms with Gasteiger partial charge in [0.05, 0.1) is 5.01 Å². The molecule has 0 aliphatic carbocycles. The summed E-state index contributed by atoms with van der Waals surface area (Å²) in [5.74, 6) is -0.360. The van der Waals surface area contributed by atoms with E-state index in [1.54, 1.807) is 11.3 Å².